The third-order valence-electron chi connectivity index (χ3n) is 5.46. The quantitative estimate of drug-likeness (QED) is 0.276. The number of hydrogen-bond donors (Lipinski definition) is 2. The molecular weight excluding hydrogens is 402 g/mol. The number of likely N-dealkylation sites (tertiary alicyclic amines) is 1. The van der Waals surface area contributed by atoms with Crippen LogP contribution in [0.4, 0.5) is 0 Å². The molecule has 0 saturated carbocycles. The topological polar surface area (TPSA) is 106 Å². The van der Waals surface area contributed by atoms with E-state index in [1.807, 2.05) is 18.7 Å². The van der Waals surface area contributed by atoms with Crippen molar-refractivity contribution in [3.63, 3.8) is 0 Å². The van der Waals surface area contributed by atoms with Gasteiger partial charge in [0.2, 0.25) is 0 Å². The van der Waals surface area contributed by atoms with Crippen LogP contribution in [0.1, 0.15) is 78.6 Å². The van der Waals surface area contributed by atoms with Gasteiger partial charge in [-0.05, 0) is 38.6 Å². The van der Waals surface area contributed by atoms with E-state index in [2.05, 4.69) is 6.92 Å². The van der Waals surface area contributed by atoms with Gasteiger partial charge in [0, 0.05) is 32.6 Å². The van der Waals surface area contributed by atoms with E-state index in [-0.39, 0.29) is 25.4 Å². The Hall–Kier alpha value is -1.22. The maximum Gasteiger partial charge on any atom is 0.306 e. The molecular formula is C23H43NO7. The Morgan fingerprint density at radius 3 is 2.16 bits per heavy atom. The molecule has 1 aliphatic rings. The third kappa shape index (κ3) is 10.3. The van der Waals surface area contributed by atoms with Crippen LogP contribution in [0.5, 0.6) is 0 Å². The Kier molecular flexibility index (Phi) is 14.7. The van der Waals surface area contributed by atoms with Crippen molar-refractivity contribution in [3.8, 4) is 0 Å². The standard InChI is InChI=1S/C23H43NO7/c1-4-11-20(26)30-19-16-24(13-9-7-8-10-15-29-14-6-3)18(17-25)23(22(19)28)31-21(27)12-5-2/h18-19,22-23,25,28H,4-17H2,1-3H3/t18-,19+,22-,23-/m1/s1. The minimum Gasteiger partial charge on any atom is -0.458 e. The lowest BCUT2D eigenvalue weighted by Gasteiger charge is -2.45. The summed E-state index contributed by atoms with van der Waals surface area (Å²) in [5.74, 6) is -0.794. The Bertz CT molecular complexity index is 502. The van der Waals surface area contributed by atoms with Crippen molar-refractivity contribution < 1.29 is 34.0 Å². The summed E-state index contributed by atoms with van der Waals surface area (Å²) >= 11 is 0. The molecule has 1 aliphatic heterocycles. The Balaban J connectivity index is 2.71. The monoisotopic (exact) mass is 445 g/mol. The van der Waals surface area contributed by atoms with Crippen molar-refractivity contribution in [2.75, 3.05) is 32.9 Å². The molecule has 2 N–H and O–H groups in total. The number of aliphatic hydroxyl groups excluding tert-OH is 2. The number of ether oxygens (including phenoxy) is 3. The second-order valence-electron chi connectivity index (χ2n) is 8.24. The van der Waals surface area contributed by atoms with Gasteiger partial charge in [-0.1, -0.05) is 33.6 Å². The molecule has 182 valence electrons. The molecule has 4 atom stereocenters. The van der Waals surface area contributed by atoms with Gasteiger partial charge < -0.3 is 24.4 Å². The van der Waals surface area contributed by atoms with E-state index in [4.69, 9.17) is 14.2 Å². The van der Waals surface area contributed by atoms with E-state index in [0.29, 0.717) is 25.9 Å². The molecule has 8 nitrogen and oxygen atoms in total. The van der Waals surface area contributed by atoms with Crippen LogP contribution in [0.3, 0.4) is 0 Å². The fourth-order valence-electron chi connectivity index (χ4n) is 3.82. The predicted octanol–water partition coefficient (Wildman–Crippen LogP) is 2.43. The number of unbranched alkanes of at least 4 members (excludes halogenated alkanes) is 3. The fraction of sp³-hybridized carbons (Fsp3) is 0.913. The number of aliphatic hydroxyl groups is 2. The highest BCUT2D eigenvalue weighted by atomic mass is 16.6. The van der Waals surface area contributed by atoms with Crippen LogP contribution in [0.15, 0.2) is 0 Å². The zero-order valence-electron chi connectivity index (χ0n) is 19.6. The second kappa shape index (κ2) is 16.4. The summed E-state index contributed by atoms with van der Waals surface area (Å²) in [5, 5.41) is 20.8. The molecule has 1 heterocycles. The zero-order valence-corrected chi connectivity index (χ0v) is 19.6. The van der Waals surface area contributed by atoms with Crippen molar-refractivity contribution in [2.45, 2.75) is 103 Å². The number of rotatable bonds is 16. The van der Waals surface area contributed by atoms with E-state index >= 15 is 0 Å². The number of piperidine rings is 1. The minimum atomic E-state index is -1.16. The van der Waals surface area contributed by atoms with Gasteiger partial charge >= 0.3 is 11.9 Å². The fourth-order valence-corrected chi connectivity index (χ4v) is 3.82. The molecule has 0 spiro atoms. The Morgan fingerprint density at radius 2 is 1.55 bits per heavy atom. The molecule has 0 bridgehead atoms. The Labute approximate surface area is 187 Å². The smallest absolute Gasteiger partial charge is 0.306 e. The summed E-state index contributed by atoms with van der Waals surface area (Å²) in [6.07, 6.45) is 3.90. The van der Waals surface area contributed by atoms with E-state index in [9.17, 15) is 19.8 Å². The first-order valence-electron chi connectivity index (χ1n) is 12.0. The first kappa shape index (κ1) is 27.8. The number of hydrogen-bond acceptors (Lipinski definition) is 8. The average Bonchev–Trinajstić information content (AvgIpc) is 2.73. The summed E-state index contributed by atoms with van der Waals surface area (Å²) in [4.78, 5) is 26.1. The zero-order chi connectivity index (χ0) is 23.1. The molecule has 31 heavy (non-hydrogen) atoms. The van der Waals surface area contributed by atoms with Crippen LogP contribution in [-0.4, -0.2) is 84.3 Å². The number of carbonyl (C=O) groups is 2. The molecule has 8 heteroatoms. The van der Waals surface area contributed by atoms with Gasteiger partial charge in [-0.2, -0.15) is 0 Å². The molecule has 0 amide bonds. The molecule has 1 fully saturated rings. The number of nitrogens with zero attached hydrogens (tertiary/aromatic N) is 1. The van der Waals surface area contributed by atoms with E-state index in [1.165, 1.54) is 0 Å². The van der Waals surface area contributed by atoms with Crippen LogP contribution < -0.4 is 0 Å². The van der Waals surface area contributed by atoms with Gasteiger partial charge in [0.25, 0.3) is 0 Å². The first-order valence-corrected chi connectivity index (χ1v) is 12.0. The van der Waals surface area contributed by atoms with E-state index in [1.54, 1.807) is 0 Å². The third-order valence-corrected chi connectivity index (χ3v) is 5.46. The Morgan fingerprint density at radius 1 is 0.903 bits per heavy atom. The highest BCUT2D eigenvalue weighted by Gasteiger charge is 2.46. The lowest BCUT2D eigenvalue weighted by Crippen LogP contribution is -2.64. The van der Waals surface area contributed by atoms with Crippen LogP contribution in [0, 0.1) is 0 Å². The normalized spacial score (nSPS) is 24.2. The molecule has 0 radical (unpaired) electrons. The summed E-state index contributed by atoms with van der Waals surface area (Å²) in [6, 6.07) is -0.523. The highest BCUT2D eigenvalue weighted by molar-refractivity contribution is 5.70. The van der Waals surface area contributed by atoms with Crippen molar-refractivity contribution in [3.05, 3.63) is 0 Å². The van der Waals surface area contributed by atoms with Gasteiger partial charge in [-0.3, -0.25) is 14.5 Å². The summed E-state index contributed by atoms with van der Waals surface area (Å²) in [7, 11) is 0. The van der Waals surface area contributed by atoms with Crippen molar-refractivity contribution in [2.24, 2.45) is 0 Å². The molecule has 0 unspecified atom stereocenters. The van der Waals surface area contributed by atoms with Gasteiger partial charge in [0.05, 0.1) is 12.6 Å². The molecule has 0 aliphatic carbocycles. The second-order valence-corrected chi connectivity index (χ2v) is 8.24. The first-order chi connectivity index (χ1) is 15.0. The summed E-state index contributed by atoms with van der Waals surface area (Å²) in [6.45, 7) is 8.14. The van der Waals surface area contributed by atoms with Crippen molar-refractivity contribution in [1.29, 1.82) is 0 Å². The van der Waals surface area contributed by atoms with Crippen LogP contribution in [0.2, 0.25) is 0 Å². The molecule has 0 aromatic rings. The predicted molar refractivity (Wildman–Crippen MR) is 118 cm³/mol. The SMILES string of the molecule is CCCOCCCCCCN1C[C@H](OC(=O)CCC)[C@@H](O)[C@H](OC(=O)CCC)[C@H]1CO. The van der Waals surface area contributed by atoms with Gasteiger partial charge in [-0.25, -0.2) is 0 Å². The molecule has 0 aromatic heterocycles. The van der Waals surface area contributed by atoms with Crippen LogP contribution in [-0.2, 0) is 23.8 Å². The van der Waals surface area contributed by atoms with Crippen molar-refractivity contribution in [1.82, 2.24) is 4.90 Å². The van der Waals surface area contributed by atoms with Crippen LogP contribution >= 0.6 is 0 Å². The maximum atomic E-state index is 12.1. The highest BCUT2D eigenvalue weighted by Crippen LogP contribution is 2.25. The minimum absolute atomic E-state index is 0.238. The lowest BCUT2D eigenvalue weighted by atomic mass is 9.93. The van der Waals surface area contributed by atoms with Gasteiger partial charge in [0.1, 0.15) is 18.3 Å². The molecule has 1 rings (SSSR count). The largest absolute Gasteiger partial charge is 0.458 e. The van der Waals surface area contributed by atoms with E-state index in [0.717, 1.165) is 45.3 Å². The molecule has 0 aromatic carbocycles. The average molecular weight is 446 g/mol. The van der Waals surface area contributed by atoms with Crippen molar-refractivity contribution >= 4 is 11.9 Å². The van der Waals surface area contributed by atoms with Gasteiger partial charge in [0.15, 0.2) is 0 Å². The summed E-state index contributed by atoms with van der Waals surface area (Å²) < 4.78 is 16.5. The van der Waals surface area contributed by atoms with Crippen LogP contribution in [0.25, 0.3) is 0 Å². The number of esters is 2. The maximum absolute atomic E-state index is 12.1. The molecule has 1 saturated heterocycles. The van der Waals surface area contributed by atoms with E-state index < -0.39 is 30.3 Å². The van der Waals surface area contributed by atoms with Gasteiger partial charge in [-0.15, -0.1) is 0 Å². The lowest BCUT2D eigenvalue weighted by molar-refractivity contribution is -0.195. The summed E-state index contributed by atoms with van der Waals surface area (Å²) in [5.41, 5.74) is 0. The number of carbonyl (C=O) groups excluding carboxylic acids is 2.